The molecule has 0 amide bonds. The van der Waals surface area contributed by atoms with Gasteiger partial charge in [-0.2, -0.15) is 0 Å². The predicted octanol–water partition coefficient (Wildman–Crippen LogP) is 2.50. The summed E-state index contributed by atoms with van der Waals surface area (Å²) in [5, 5.41) is 8.64. The summed E-state index contributed by atoms with van der Waals surface area (Å²) in [6, 6.07) is 7.59. The lowest BCUT2D eigenvalue weighted by molar-refractivity contribution is -0.151. The van der Waals surface area contributed by atoms with Gasteiger partial charge < -0.3 is 9.30 Å². The number of hydrogen-bond acceptors (Lipinski definition) is 6. The van der Waals surface area contributed by atoms with Crippen LogP contribution < -0.4 is 5.56 Å². The van der Waals surface area contributed by atoms with Gasteiger partial charge >= 0.3 is 5.97 Å². The molecule has 0 aliphatic heterocycles. The topological polar surface area (TPSA) is 78.5 Å². The van der Waals surface area contributed by atoms with Gasteiger partial charge in [-0.3, -0.25) is 14.0 Å². The summed E-state index contributed by atoms with van der Waals surface area (Å²) < 4.78 is 8.69. The fraction of sp³-hybridized carbons (Fsp3) is 0.412. The Hall–Kier alpha value is -2.35. The average Bonchev–Trinajstić information content (AvgIpc) is 2.96. The zero-order chi connectivity index (χ0) is 18.2. The number of hydrogen-bond donors (Lipinski definition) is 0. The van der Waals surface area contributed by atoms with Crippen LogP contribution in [-0.4, -0.2) is 36.5 Å². The van der Waals surface area contributed by atoms with Gasteiger partial charge in [-0.15, -0.1) is 10.2 Å². The first-order valence-corrected chi connectivity index (χ1v) is 9.01. The molecule has 132 valence electrons. The summed E-state index contributed by atoms with van der Waals surface area (Å²) in [5.74, 6) is -0.232. The number of thioether (sulfide) groups is 1. The molecule has 0 unspecified atom stereocenters. The Morgan fingerprint density at radius 2 is 1.88 bits per heavy atom. The largest absolute Gasteiger partial charge is 0.459 e. The van der Waals surface area contributed by atoms with E-state index in [9.17, 15) is 9.59 Å². The fourth-order valence-corrected chi connectivity index (χ4v) is 3.36. The molecule has 0 bridgehead atoms. The highest BCUT2D eigenvalue weighted by Crippen LogP contribution is 2.22. The van der Waals surface area contributed by atoms with Crippen molar-refractivity contribution in [1.82, 2.24) is 19.2 Å². The van der Waals surface area contributed by atoms with Crippen LogP contribution in [0.5, 0.6) is 0 Å². The van der Waals surface area contributed by atoms with Gasteiger partial charge in [0.05, 0.1) is 16.8 Å². The van der Waals surface area contributed by atoms with Crippen molar-refractivity contribution < 1.29 is 9.53 Å². The SMILES string of the molecule is CCn1c(=O)c2nnc(SCC(=O)OC(C)(C)C)n2c2ccccc21. The normalized spacial score (nSPS) is 12.0. The van der Waals surface area contributed by atoms with E-state index in [1.165, 1.54) is 11.8 Å². The van der Waals surface area contributed by atoms with Crippen molar-refractivity contribution in [2.24, 2.45) is 0 Å². The van der Waals surface area contributed by atoms with Crippen LogP contribution in [0.4, 0.5) is 0 Å². The molecule has 0 N–H and O–H groups in total. The molecule has 0 aliphatic rings. The molecule has 0 atom stereocenters. The highest BCUT2D eigenvalue weighted by Gasteiger charge is 2.19. The Kier molecular flexibility index (Phi) is 4.55. The van der Waals surface area contributed by atoms with Crippen molar-refractivity contribution in [3.05, 3.63) is 34.6 Å². The minimum atomic E-state index is -0.536. The van der Waals surface area contributed by atoms with Crippen molar-refractivity contribution in [3.8, 4) is 0 Å². The van der Waals surface area contributed by atoms with E-state index in [-0.39, 0.29) is 22.9 Å². The van der Waals surface area contributed by atoms with Gasteiger partial charge in [-0.05, 0) is 39.8 Å². The lowest BCUT2D eigenvalue weighted by Crippen LogP contribution is -2.25. The Morgan fingerprint density at radius 3 is 2.52 bits per heavy atom. The van der Waals surface area contributed by atoms with Gasteiger partial charge in [-0.25, -0.2) is 0 Å². The number of rotatable bonds is 4. The summed E-state index contributed by atoms with van der Waals surface area (Å²) in [4.78, 5) is 24.6. The summed E-state index contributed by atoms with van der Waals surface area (Å²) in [5.41, 5.74) is 1.16. The van der Waals surface area contributed by atoms with Crippen LogP contribution in [0.2, 0.25) is 0 Å². The summed E-state index contributed by atoms with van der Waals surface area (Å²) in [7, 11) is 0. The minimum Gasteiger partial charge on any atom is -0.459 e. The van der Waals surface area contributed by atoms with Crippen LogP contribution in [0.3, 0.4) is 0 Å². The second kappa shape index (κ2) is 6.51. The summed E-state index contributed by atoms with van der Waals surface area (Å²) >= 11 is 1.21. The third-order valence-corrected chi connectivity index (χ3v) is 4.44. The number of ether oxygens (including phenoxy) is 1. The molecular formula is C17H20N4O3S. The van der Waals surface area contributed by atoms with Gasteiger partial charge in [-0.1, -0.05) is 23.9 Å². The highest BCUT2D eigenvalue weighted by atomic mass is 32.2. The lowest BCUT2D eigenvalue weighted by atomic mass is 10.2. The highest BCUT2D eigenvalue weighted by molar-refractivity contribution is 7.99. The smallest absolute Gasteiger partial charge is 0.316 e. The second-order valence-corrected chi connectivity index (χ2v) is 7.50. The molecule has 7 nitrogen and oxygen atoms in total. The predicted molar refractivity (Wildman–Crippen MR) is 97.0 cm³/mol. The number of nitrogens with zero attached hydrogens (tertiary/aromatic N) is 4. The van der Waals surface area contributed by atoms with Crippen molar-refractivity contribution in [2.45, 2.75) is 45.0 Å². The van der Waals surface area contributed by atoms with Crippen LogP contribution in [-0.2, 0) is 16.1 Å². The molecule has 0 fully saturated rings. The number of carbonyl (C=O) groups excluding carboxylic acids is 1. The number of aromatic nitrogens is 4. The van der Waals surface area contributed by atoms with E-state index in [1.54, 1.807) is 8.97 Å². The number of para-hydroxylation sites is 2. The van der Waals surface area contributed by atoms with E-state index in [2.05, 4.69) is 10.2 Å². The Balaban J connectivity index is 2.04. The molecule has 0 saturated heterocycles. The van der Waals surface area contributed by atoms with E-state index in [1.807, 2.05) is 52.0 Å². The quantitative estimate of drug-likeness (QED) is 0.525. The maximum Gasteiger partial charge on any atom is 0.316 e. The van der Waals surface area contributed by atoms with Crippen LogP contribution in [0, 0.1) is 0 Å². The molecule has 0 spiro atoms. The zero-order valence-electron chi connectivity index (χ0n) is 14.6. The van der Waals surface area contributed by atoms with Crippen LogP contribution in [0.15, 0.2) is 34.2 Å². The first-order valence-electron chi connectivity index (χ1n) is 8.03. The molecule has 2 heterocycles. The molecular weight excluding hydrogens is 340 g/mol. The first kappa shape index (κ1) is 17.5. The molecule has 8 heteroatoms. The number of aryl methyl sites for hydroxylation is 1. The molecule has 3 aromatic rings. The number of benzene rings is 1. The van der Waals surface area contributed by atoms with Gasteiger partial charge in [0.1, 0.15) is 5.60 Å². The number of carbonyl (C=O) groups is 1. The molecule has 0 radical (unpaired) electrons. The Labute approximate surface area is 149 Å². The third kappa shape index (κ3) is 3.39. The maximum atomic E-state index is 12.7. The van der Waals surface area contributed by atoms with Crippen LogP contribution >= 0.6 is 11.8 Å². The van der Waals surface area contributed by atoms with Gasteiger partial charge in [0, 0.05) is 6.54 Å². The monoisotopic (exact) mass is 360 g/mol. The van der Waals surface area contributed by atoms with Crippen molar-refractivity contribution in [2.75, 3.05) is 5.75 Å². The van der Waals surface area contributed by atoms with Crippen LogP contribution in [0.1, 0.15) is 27.7 Å². The first-order chi connectivity index (χ1) is 11.8. The number of esters is 1. The van der Waals surface area contributed by atoms with Crippen molar-refractivity contribution in [3.63, 3.8) is 0 Å². The summed E-state index contributed by atoms with van der Waals surface area (Å²) in [6.07, 6.45) is 0. The van der Waals surface area contributed by atoms with Gasteiger partial charge in [0.15, 0.2) is 5.16 Å². The lowest BCUT2D eigenvalue weighted by Gasteiger charge is -2.19. The van der Waals surface area contributed by atoms with E-state index < -0.39 is 5.60 Å². The Bertz CT molecular complexity index is 1000. The standard InChI is InChI=1S/C17H20N4O3S/c1-5-20-11-8-6-7-9-12(11)21-14(15(20)23)18-19-16(21)25-10-13(22)24-17(2,3)4/h6-9H,5,10H2,1-4H3. The summed E-state index contributed by atoms with van der Waals surface area (Å²) in [6.45, 7) is 7.93. The van der Waals surface area contributed by atoms with E-state index in [0.717, 1.165) is 11.0 Å². The third-order valence-electron chi connectivity index (χ3n) is 3.54. The zero-order valence-corrected chi connectivity index (χ0v) is 15.5. The second-order valence-electron chi connectivity index (χ2n) is 6.55. The fourth-order valence-electron chi connectivity index (χ4n) is 2.64. The molecule has 2 aromatic heterocycles. The Morgan fingerprint density at radius 1 is 1.20 bits per heavy atom. The average molecular weight is 360 g/mol. The van der Waals surface area contributed by atoms with Crippen LogP contribution in [0.25, 0.3) is 16.7 Å². The molecule has 25 heavy (non-hydrogen) atoms. The van der Waals surface area contributed by atoms with Gasteiger partial charge in [0.25, 0.3) is 5.56 Å². The molecule has 0 saturated carbocycles. The van der Waals surface area contributed by atoms with E-state index >= 15 is 0 Å². The van der Waals surface area contributed by atoms with Crippen molar-refractivity contribution >= 4 is 34.4 Å². The molecule has 0 aliphatic carbocycles. The van der Waals surface area contributed by atoms with Crippen molar-refractivity contribution in [1.29, 1.82) is 0 Å². The molecule has 3 rings (SSSR count). The van der Waals surface area contributed by atoms with Gasteiger partial charge in [0.2, 0.25) is 5.65 Å². The molecule has 1 aromatic carbocycles. The van der Waals surface area contributed by atoms with E-state index in [0.29, 0.717) is 11.7 Å². The maximum absolute atomic E-state index is 12.7. The minimum absolute atomic E-state index is 0.100. The number of fused-ring (bicyclic) bond motifs is 3. The van der Waals surface area contributed by atoms with E-state index in [4.69, 9.17) is 4.74 Å².